The fourth-order valence-electron chi connectivity index (χ4n) is 3.06. The summed E-state index contributed by atoms with van der Waals surface area (Å²) in [6.45, 7) is 5.92. The summed E-state index contributed by atoms with van der Waals surface area (Å²) < 4.78 is 47.5. The molecule has 1 N–H and O–H groups in total. The molecular formula is C26H25BrN2O7S. The molecule has 0 atom stereocenters. The maximum Gasteiger partial charge on any atom is 0.339 e. The predicted octanol–water partition coefficient (Wildman–Crippen LogP) is 4.95. The standard InChI is InChI=1S/C26H25BrN2O7S/c1-4-13-35-22-12-11-19(16-23(22)33-3)26(30)29-28-17-18-14-21(27)25(24(15-18)34-5-2)36-37(31,32)20-9-7-6-8-10-20/h4,6-12,14-17H,1,5,13H2,2-3H3,(H,29,30)/b28-17+. The summed E-state index contributed by atoms with van der Waals surface area (Å²) in [4.78, 5) is 12.6. The lowest BCUT2D eigenvalue weighted by atomic mass is 10.2. The number of hydrazone groups is 1. The lowest BCUT2D eigenvalue weighted by Crippen LogP contribution is -2.17. The first-order valence-electron chi connectivity index (χ1n) is 11.0. The molecule has 37 heavy (non-hydrogen) atoms. The third-order valence-corrected chi connectivity index (χ3v) is 6.54. The smallest absolute Gasteiger partial charge is 0.339 e. The zero-order valence-corrected chi connectivity index (χ0v) is 22.5. The van der Waals surface area contributed by atoms with E-state index < -0.39 is 16.0 Å². The van der Waals surface area contributed by atoms with Gasteiger partial charge in [0.05, 0.1) is 24.4 Å². The van der Waals surface area contributed by atoms with E-state index in [1.807, 2.05) is 0 Å². The summed E-state index contributed by atoms with van der Waals surface area (Å²) in [6, 6.07) is 15.6. The highest BCUT2D eigenvalue weighted by atomic mass is 79.9. The van der Waals surface area contributed by atoms with Crippen LogP contribution in [-0.2, 0) is 10.1 Å². The summed E-state index contributed by atoms with van der Waals surface area (Å²) >= 11 is 3.34. The van der Waals surface area contributed by atoms with Gasteiger partial charge in [-0.2, -0.15) is 13.5 Å². The maximum atomic E-state index is 12.7. The minimum atomic E-state index is -4.09. The van der Waals surface area contributed by atoms with Crippen LogP contribution in [0.25, 0.3) is 0 Å². The van der Waals surface area contributed by atoms with Crippen molar-refractivity contribution in [1.82, 2.24) is 5.43 Å². The van der Waals surface area contributed by atoms with Crippen molar-refractivity contribution in [1.29, 1.82) is 0 Å². The van der Waals surface area contributed by atoms with Gasteiger partial charge in [0, 0.05) is 5.56 Å². The Morgan fingerprint density at radius 1 is 1.05 bits per heavy atom. The summed E-state index contributed by atoms with van der Waals surface area (Å²) in [5, 5.41) is 3.99. The number of rotatable bonds is 12. The molecule has 3 aromatic carbocycles. The zero-order valence-electron chi connectivity index (χ0n) is 20.1. The second kappa shape index (κ2) is 12.9. The molecular weight excluding hydrogens is 564 g/mol. The molecule has 0 radical (unpaired) electrons. The average molecular weight is 589 g/mol. The molecule has 9 nitrogen and oxygen atoms in total. The van der Waals surface area contributed by atoms with Crippen molar-refractivity contribution in [3.05, 3.63) is 88.9 Å². The van der Waals surface area contributed by atoms with Gasteiger partial charge in [-0.15, -0.1) is 0 Å². The highest BCUT2D eigenvalue weighted by Crippen LogP contribution is 2.38. The normalized spacial score (nSPS) is 11.1. The van der Waals surface area contributed by atoms with E-state index >= 15 is 0 Å². The van der Waals surface area contributed by atoms with Crippen molar-refractivity contribution in [3.63, 3.8) is 0 Å². The summed E-state index contributed by atoms with van der Waals surface area (Å²) in [6.07, 6.45) is 2.99. The van der Waals surface area contributed by atoms with Crippen LogP contribution >= 0.6 is 15.9 Å². The Morgan fingerprint density at radius 2 is 1.81 bits per heavy atom. The Morgan fingerprint density at radius 3 is 2.49 bits per heavy atom. The topological polar surface area (TPSA) is 113 Å². The Labute approximate surface area is 224 Å². The number of carbonyl (C=O) groups is 1. The van der Waals surface area contributed by atoms with E-state index in [0.717, 1.165) is 0 Å². The number of amides is 1. The molecule has 0 heterocycles. The molecule has 3 aromatic rings. The minimum Gasteiger partial charge on any atom is -0.493 e. The van der Waals surface area contributed by atoms with Gasteiger partial charge < -0.3 is 18.4 Å². The lowest BCUT2D eigenvalue weighted by molar-refractivity contribution is 0.0954. The SMILES string of the molecule is C=CCOc1ccc(C(=O)N/N=C/c2cc(Br)c(OS(=O)(=O)c3ccccc3)c(OCC)c2)cc1OC. The van der Waals surface area contributed by atoms with E-state index in [9.17, 15) is 13.2 Å². The first-order valence-corrected chi connectivity index (χ1v) is 13.2. The summed E-state index contributed by atoms with van der Waals surface area (Å²) in [5.41, 5.74) is 3.27. The second-order valence-electron chi connectivity index (χ2n) is 7.28. The number of nitrogens with one attached hydrogen (secondary N) is 1. The lowest BCUT2D eigenvalue weighted by Gasteiger charge is -2.14. The zero-order chi connectivity index (χ0) is 26.8. The van der Waals surface area contributed by atoms with Crippen LogP contribution in [0.15, 0.2) is 87.8 Å². The summed E-state index contributed by atoms with van der Waals surface area (Å²) in [5.74, 6) is 0.585. The van der Waals surface area contributed by atoms with Crippen LogP contribution < -0.4 is 23.8 Å². The third-order valence-electron chi connectivity index (χ3n) is 4.72. The largest absolute Gasteiger partial charge is 0.493 e. The molecule has 11 heteroatoms. The monoisotopic (exact) mass is 588 g/mol. The first kappa shape index (κ1) is 27.8. The van der Waals surface area contributed by atoms with Crippen LogP contribution in [0.2, 0.25) is 0 Å². The van der Waals surface area contributed by atoms with Crippen LogP contribution in [-0.4, -0.2) is 40.9 Å². The molecule has 0 unspecified atom stereocenters. The van der Waals surface area contributed by atoms with E-state index in [1.165, 1.54) is 31.5 Å². The highest BCUT2D eigenvalue weighted by Gasteiger charge is 2.22. The third kappa shape index (κ3) is 7.34. The molecule has 0 spiro atoms. The Kier molecular flexibility index (Phi) is 9.70. The van der Waals surface area contributed by atoms with Crippen LogP contribution in [0.4, 0.5) is 0 Å². The molecule has 0 aliphatic carbocycles. The van der Waals surface area contributed by atoms with Crippen molar-refractivity contribution < 1.29 is 31.6 Å². The number of hydrogen-bond acceptors (Lipinski definition) is 8. The maximum absolute atomic E-state index is 12.7. The molecule has 0 aromatic heterocycles. The van der Waals surface area contributed by atoms with Gasteiger partial charge in [0.2, 0.25) is 0 Å². The Balaban J connectivity index is 1.77. The Bertz CT molecular complexity index is 1390. The highest BCUT2D eigenvalue weighted by molar-refractivity contribution is 9.10. The van der Waals surface area contributed by atoms with Gasteiger partial charge in [-0.25, -0.2) is 5.43 Å². The Hall–Kier alpha value is -3.83. The van der Waals surface area contributed by atoms with E-state index in [4.69, 9.17) is 18.4 Å². The van der Waals surface area contributed by atoms with Crippen molar-refractivity contribution in [2.24, 2.45) is 5.10 Å². The number of halogens is 1. The predicted molar refractivity (Wildman–Crippen MR) is 143 cm³/mol. The van der Waals surface area contributed by atoms with Gasteiger partial charge in [-0.1, -0.05) is 30.9 Å². The molecule has 0 aliphatic heterocycles. The van der Waals surface area contributed by atoms with Gasteiger partial charge in [-0.3, -0.25) is 4.79 Å². The molecule has 3 rings (SSSR count). The van der Waals surface area contributed by atoms with Gasteiger partial charge >= 0.3 is 10.1 Å². The molecule has 0 bridgehead atoms. The van der Waals surface area contributed by atoms with E-state index in [0.29, 0.717) is 33.7 Å². The molecule has 0 fully saturated rings. The average Bonchev–Trinajstić information content (AvgIpc) is 2.90. The van der Waals surface area contributed by atoms with Crippen molar-refractivity contribution in [3.8, 4) is 23.0 Å². The van der Waals surface area contributed by atoms with Crippen molar-refractivity contribution in [2.45, 2.75) is 11.8 Å². The van der Waals surface area contributed by atoms with Crippen molar-refractivity contribution >= 4 is 38.2 Å². The number of benzene rings is 3. The number of methoxy groups -OCH3 is 1. The fourth-order valence-corrected chi connectivity index (χ4v) is 4.68. The fraction of sp³-hybridized carbons (Fsp3) is 0.154. The quantitative estimate of drug-likeness (QED) is 0.138. The molecule has 194 valence electrons. The van der Waals surface area contributed by atoms with Gasteiger partial charge in [0.15, 0.2) is 23.0 Å². The minimum absolute atomic E-state index is 0.00209. The second-order valence-corrected chi connectivity index (χ2v) is 9.68. The van der Waals surface area contributed by atoms with Crippen LogP contribution in [0.1, 0.15) is 22.8 Å². The van der Waals surface area contributed by atoms with E-state index in [1.54, 1.807) is 55.5 Å². The molecule has 0 saturated carbocycles. The van der Waals surface area contributed by atoms with E-state index in [-0.39, 0.29) is 23.0 Å². The first-order chi connectivity index (χ1) is 17.8. The van der Waals surface area contributed by atoms with Crippen LogP contribution in [0.3, 0.4) is 0 Å². The van der Waals surface area contributed by atoms with Crippen LogP contribution in [0, 0.1) is 0 Å². The molecule has 1 amide bonds. The van der Waals surface area contributed by atoms with Gasteiger partial charge in [0.25, 0.3) is 5.91 Å². The van der Waals surface area contributed by atoms with Gasteiger partial charge in [0.1, 0.15) is 11.5 Å². The molecule has 0 saturated heterocycles. The number of nitrogens with zero attached hydrogens (tertiary/aromatic N) is 1. The molecule has 0 aliphatic rings. The van der Waals surface area contributed by atoms with E-state index in [2.05, 4.69) is 33.0 Å². The van der Waals surface area contributed by atoms with Gasteiger partial charge in [-0.05, 0) is 70.9 Å². The van der Waals surface area contributed by atoms with Crippen LogP contribution in [0.5, 0.6) is 23.0 Å². The summed E-state index contributed by atoms with van der Waals surface area (Å²) in [7, 11) is -2.61. The number of hydrogen-bond donors (Lipinski definition) is 1. The number of carbonyl (C=O) groups excluding carboxylic acids is 1. The van der Waals surface area contributed by atoms with Crippen molar-refractivity contribution in [2.75, 3.05) is 20.3 Å². The number of ether oxygens (including phenoxy) is 3.